The van der Waals surface area contributed by atoms with Gasteiger partial charge in [0.2, 0.25) is 11.0 Å². The SMILES string of the molecule is COc1ccc(C2C(C#N)=C(N)N(c3nnc(SCC(=O)Nc4ccc(F)cc4F)s3)C3=C2C(=O)CC(C)(C)C3)cc1. The summed E-state index contributed by atoms with van der Waals surface area (Å²) in [6.07, 6.45) is 0.819. The van der Waals surface area contributed by atoms with Crippen molar-refractivity contribution in [3.05, 3.63) is 82.3 Å². The number of hydrogen-bond donors (Lipinski definition) is 2. The van der Waals surface area contributed by atoms with Crippen molar-refractivity contribution in [3.63, 3.8) is 0 Å². The molecule has 0 saturated heterocycles. The molecule has 9 nitrogen and oxygen atoms in total. The number of nitriles is 1. The Morgan fingerprint density at radius 2 is 1.98 bits per heavy atom. The molecule has 2 aliphatic rings. The van der Waals surface area contributed by atoms with E-state index < -0.39 is 23.5 Å². The lowest BCUT2D eigenvalue weighted by Gasteiger charge is -2.42. The maximum atomic E-state index is 13.9. The van der Waals surface area contributed by atoms with E-state index in [2.05, 4.69) is 21.6 Å². The van der Waals surface area contributed by atoms with Crippen LogP contribution in [0.5, 0.6) is 5.75 Å². The summed E-state index contributed by atoms with van der Waals surface area (Å²) >= 11 is 2.22. The molecule has 42 heavy (non-hydrogen) atoms. The van der Waals surface area contributed by atoms with Crippen LogP contribution in [0.4, 0.5) is 19.6 Å². The van der Waals surface area contributed by atoms with Gasteiger partial charge in [0.1, 0.15) is 23.2 Å². The molecule has 3 N–H and O–H groups in total. The Bertz CT molecular complexity index is 1680. The fourth-order valence-corrected chi connectivity index (χ4v) is 6.79. The van der Waals surface area contributed by atoms with Crippen LogP contribution < -0.4 is 20.7 Å². The molecule has 1 unspecified atom stereocenters. The van der Waals surface area contributed by atoms with Gasteiger partial charge in [-0.15, -0.1) is 10.2 Å². The van der Waals surface area contributed by atoms with E-state index in [1.165, 1.54) is 0 Å². The first-order valence-electron chi connectivity index (χ1n) is 12.8. The van der Waals surface area contributed by atoms with Gasteiger partial charge in [-0.25, -0.2) is 8.78 Å². The molecule has 216 valence electrons. The number of aromatic nitrogens is 2. The van der Waals surface area contributed by atoms with Gasteiger partial charge in [0.25, 0.3) is 0 Å². The van der Waals surface area contributed by atoms with Crippen LogP contribution in [0, 0.1) is 28.4 Å². The molecular weight excluding hydrogens is 582 g/mol. The molecule has 0 fully saturated rings. The molecule has 1 atom stereocenters. The number of anilines is 2. The Labute approximate surface area is 249 Å². The van der Waals surface area contributed by atoms with Crippen molar-refractivity contribution in [2.75, 3.05) is 23.1 Å². The van der Waals surface area contributed by atoms with Crippen molar-refractivity contribution >= 4 is 45.6 Å². The van der Waals surface area contributed by atoms with E-state index in [-0.39, 0.29) is 34.0 Å². The molecule has 0 spiro atoms. The maximum absolute atomic E-state index is 13.9. The number of nitrogens with zero attached hydrogens (tertiary/aromatic N) is 4. The number of carbonyl (C=O) groups is 2. The standard InChI is InChI=1S/C29H26F2N6O3S2/c1-29(2)11-21-25(22(38)12-29)24(15-4-7-17(40-3)8-5-15)18(13-32)26(33)37(21)27-35-36-28(42-27)41-14-23(39)34-20-9-6-16(30)10-19(20)31/h4-10,24H,11-12,14,33H2,1-3H3,(H,34,39). The minimum Gasteiger partial charge on any atom is -0.497 e. The number of ketones is 1. The fraction of sp³-hybridized carbons (Fsp3) is 0.276. The van der Waals surface area contributed by atoms with Crippen LogP contribution in [-0.4, -0.2) is 34.8 Å². The molecule has 3 aromatic rings. The summed E-state index contributed by atoms with van der Waals surface area (Å²) < 4.78 is 32.8. The predicted octanol–water partition coefficient (Wildman–Crippen LogP) is 5.50. The van der Waals surface area contributed by atoms with Crippen LogP contribution in [-0.2, 0) is 9.59 Å². The van der Waals surface area contributed by atoms with E-state index >= 15 is 0 Å². The number of rotatable bonds is 7. The molecule has 13 heteroatoms. The normalized spacial score (nSPS) is 18.0. The molecule has 2 heterocycles. The van der Waals surface area contributed by atoms with E-state index in [9.17, 15) is 23.6 Å². The molecule has 0 bridgehead atoms. The maximum Gasteiger partial charge on any atom is 0.234 e. The number of Topliss-reactive ketones (excluding diaryl/α,β-unsaturated/α-hetero) is 1. The molecule has 1 aliphatic carbocycles. The van der Waals surface area contributed by atoms with E-state index in [1.807, 2.05) is 26.0 Å². The van der Waals surface area contributed by atoms with Gasteiger partial charge in [0, 0.05) is 23.8 Å². The summed E-state index contributed by atoms with van der Waals surface area (Å²) in [5.74, 6) is -2.17. The third-order valence-corrected chi connectivity index (χ3v) is 8.99. The number of ether oxygens (including phenoxy) is 1. The zero-order valence-electron chi connectivity index (χ0n) is 22.9. The molecule has 5 rings (SSSR count). The second kappa shape index (κ2) is 11.5. The number of benzene rings is 2. The highest BCUT2D eigenvalue weighted by Gasteiger charge is 2.45. The Morgan fingerprint density at radius 1 is 1.24 bits per heavy atom. The summed E-state index contributed by atoms with van der Waals surface area (Å²) in [6, 6.07) is 12.3. The van der Waals surface area contributed by atoms with E-state index in [4.69, 9.17) is 10.5 Å². The lowest BCUT2D eigenvalue weighted by molar-refractivity contribution is -0.118. The Balaban J connectivity index is 1.45. The van der Waals surface area contributed by atoms with Gasteiger partial charge < -0.3 is 15.8 Å². The van der Waals surface area contributed by atoms with Crippen LogP contribution in [0.15, 0.2) is 69.5 Å². The Morgan fingerprint density at radius 3 is 2.64 bits per heavy atom. The highest BCUT2D eigenvalue weighted by atomic mass is 32.2. The van der Waals surface area contributed by atoms with E-state index in [1.54, 1.807) is 24.1 Å². The lowest BCUT2D eigenvalue weighted by atomic mass is 9.68. The Kier molecular flexibility index (Phi) is 8.03. The number of nitrogens with one attached hydrogen (secondary N) is 1. The number of halogens is 2. The zero-order chi connectivity index (χ0) is 30.2. The summed E-state index contributed by atoms with van der Waals surface area (Å²) in [6.45, 7) is 4.00. The van der Waals surface area contributed by atoms with E-state index in [0.29, 0.717) is 45.4 Å². The van der Waals surface area contributed by atoms with Crippen molar-refractivity contribution in [2.45, 2.75) is 36.9 Å². The number of carbonyl (C=O) groups excluding carboxylic acids is 2. The highest BCUT2D eigenvalue weighted by Crippen LogP contribution is 2.50. The van der Waals surface area contributed by atoms with Gasteiger partial charge in [0.05, 0.1) is 36.1 Å². The number of amides is 1. The number of allylic oxidation sites excluding steroid dienone is 3. The van der Waals surface area contributed by atoms with Gasteiger partial charge in [-0.1, -0.05) is 49.1 Å². The summed E-state index contributed by atoms with van der Waals surface area (Å²) in [4.78, 5) is 27.7. The van der Waals surface area contributed by atoms with Gasteiger partial charge >= 0.3 is 0 Å². The average Bonchev–Trinajstić information content (AvgIpc) is 3.40. The number of hydrogen-bond acceptors (Lipinski definition) is 10. The van der Waals surface area contributed by atoms with Crippen molar-refractivity contribution < 1.29 is 23.1 Å². The topological polar surface area (TPSA) is 134 Å². The quantitative estimate of drug-likeness (QED) is 0.334. The predicted molar refractivity (Wildman–Crippen MR) is 156 cm³/mol. The molecule has 0 saturated carbocycles. The first kappa shape index (κ1) is 29.2. The monoisotopic (exact) mass is 608 g/mol. The smallest absolute Gasteiger partial charge is 0.234 e. The van der Waals surface area contributed by atoms with Crippen LogP contribution in [0.25, 0.3) is 0 Å². The van der Waals surface area contributed by atoms with Gasteiger partial charge in [-0.2, -0.15) is 5.26 Å². The minimum atomic E-state index is -0.880. The van der Waals surface area contributed by atoms with Gasteiger partial charge in [-0.3, -0.25) is 14.5 Å². The number of thioether (sulfide) groups is 1. The Hall–Kier alpha value is -4.28. The van der Waals surface area contributed by atoms with Crippen LogP contribution >= 0.6 is 23.1 Å². The summed E-state index contributed by atoms with van der Waals surface area (Å²) in [5.41, 5.74) is 8.27. The molecule has 2 aromatic carbocycles. The lowest BCUT2D eigenvalue weighted by Crippen LogP contribution is -2.42. The first-order chi connectivity index (χ1) is 20.0. The van der Waals surface area contributed by atoms with Gasteiger partial charge in [0.15, 0.2) is 10.1 Å². The van der Waals surface area contributed by atoms with Crippen molar-refractivity contribution in [1.82, 2.24) is 10.2 Å². The second-order valence-corrected chi connectivity index (χ2v) is 12.7. The summed E-state index contributed by atoms with van der Waals surface area (Å²) in [5, 5.41) is 21.5. The van der Waals surface area contributed by atoms with Crippen LogP contribution in [0.2, 0.25) is 0 Å². The molecule has 1 amide bonds. The van der Waals surface area contributed by atoms with Crippen LogP contribution in [0.3, 0.4) is 0 Å². The number of methoxy groups -OCH3 is 1. The molecular formula is C29H26F2N6O3S2. The third-order valence-electron chi connectivity index (χ3n) is 6.95. The van der Waals surface area contributed by atoms with Gasteiger partial charge in [-0.05, 0) is 41.7 Å². The molecule has 1 aliphatic heterocycles. The second-order valence-electron chi connectivity index (χ2n) is 10.6. The van der Waals surface area contributed by atoms with Crippen molar-refractivity contribution in [3.8, 4) is 11.8 Å². The first-order valence-corrected chi connectivity index (χ1v) is 14.6. The molecule has 0 radical (unpaired) electrons. The largest absolute Gasteiger partial charge is 0.497 e. The number of nitrogens with two attached hydrogens (primary N) is 1. The molecule has 1 aromatic heterocycles. The average molecular weight is 609 g/mol. The summed E-state index contributed by atoms with van der Waals surface area (Å²) in [7, 11) is 1.56. The third kappa shape index (κ3) is 5.73. The van der Waals surface area contributed by atoms with Crippen molar-refractivity contribution in [2.24, 2.45) is 11.1 Å². The highest BCUT2D eigenvalue weighted by molar-refractivity contribution is 8.01. The minimum absolute atomic E-state index is 0.0730. The van der Waals surface area contributed by atoms with E-state index in [0.717, 1.165) is 40.8 Å². The van der Waals surface area contributed by atoms with Crippen LogP contribution in [0.1, 0.15) is 38.2 Å². The van der Waals surface area contributed by atoms with Crippen molar-refractivity contribution in [1.29, 1.82) is 5.26 Å². The zero-order valence-corrected chi connectivity index (χ0v) is 24.5. The fourth-order valence-electron chi connectivity index (χ4n) is 5.11.